The maximum Gasteiger partial charge on any atom is 0.673 e. The highest BCUT2D eigenvalue weighted by molar-refractivity contribution is 6.50. The van der Waals surface area contributed by atoms with Gasteiger partial charge in [-0.25, -0.2) is 4.42 Å². The molecule has 0 atom stereocenters. The number of hydrogen-bond donors (Lipinski definition) is 0. The molecule has 0 spiro atoms. The average molecular weight is 468 g/mol. The van der Waals surface area contributed by atoms with Crippen molar-refractivity contribution in [1.29, 1.82) is 0 Å². The van der Waals surface area contributed by atoms with E-state index in [1.54, 1.807) is 0 Å². The Hall–Kier alpha value is -3.61. The van der Waals surface area contributed by atoms with Crippen molar-refractivity contribution in [2.75, 3.05) is 6.61 Å². The molecule has 7 heteroatoms. The highest BCUT2D eigenvalue weighted by Gasteiger charge is 2.21. The molecule has 0 unspecified atom stereocenters. The Bertz CT molecular complexity index is 1090. The van der Waals surface area contributed by atoms with E-state index in [1.165, 1.54) is 0 Å². The van der Waals surface area contributed by atoms with Crippen LogP contribution in [0.5, 0.6) is 5.75 Å². The quantitative estimate of drug-likeness (QED) is 0.117. The van der Waals surface area contributed by atoms with Crippen LogP contribution in [0.3, 0.4) is 0 Å². The molecule has 0 aliphatic carbocycles. The summed E-state index contributed by atoms with van der Waals surface area (Å²) in [5.41, 5.74) is 4.38. The summed E-state index contributed by atoms with van der Waals surface area (Å²) in [6, 6.07) is 33.0. The zero-order chi connectivity index (χ0) is 24.4. The van der Waals surface area contributed by atoms with Gasteiger partial charge in [0.15, 0.2) is 0 Å². The molecule has 3 aromatic carbocycles. The molecule has 4 rings (SSSR count). The van der Waals surface area contributed by atoms with Crippen molar-refractivity contribution < 1.29 is 26.4 Å². The van der Waals surface area contributed by atoms with Gasteiger partial charge in [-0.2, -0.15) is 0 Å². The Labute approximate surface area is 197 Å². The summed E-state index contributed by atoms with van der Waals surface area (Å²) in [5.74, 6) is 2.62. The first kappa shape index (κ1) is 25.0. The first-order valence-corrected chi connectivity index (χ1v) is 11.0. The van der Waals surface area contributed by atoms with E-state index in [0.717, 1.165) is 59.0 Å². The van der Waals surface area contributed by atoms with Crippen LogP contribution in [0.15, 0.2) is 101 Å². The summed E-state index contributed by atoms with van der Waals surface area (Å²) in [6.45, 7) is 2.93. The molecular weight excluding hydrogens is 443 g/mol. The van der Waals surface area contributed by atoms with Gasteiger partial charge in [-0.05, 0) is 48.4 Å². The lowest BCUT2D eigenvalue weighted by Gasteiger charge is -2.07. The zero-order valence-electron chi connectivity index (χ0n) is 18.8. The number of unbranched alkanes of at least 4 members (excludes halogenated alkanes) is 1. The van der Waals surface area contributed by atoms with Gasteiger partial charge in [0.05, 0.1) is 29.9 Å². The fraction of sp³-hybridized carbons (Fsp3) is 0.148. The number of halogens is 4. The molecule has 2 nitrogen and oxygen atoms in total. The van der Waals surface area contributed by atoms with Gasteiger partial charge in [-0.1, -0.05) is 61.9 Å². The summed E-state index contributed by atoms with van der Waals surface area (Å²) in [5, 5.41) is 0. The van der Waals surface area contributed by atoms with E-state index >= 15 is 0 Å². The van der Waals surface area contributed by atoms with Crippen LogP contribution in [0.2, 0.25) is 0 Å². The van der Waals surface area contributed by atoms with Gasteiger partial charge in [0.2, 0.25) is 0 Å². The molecule has 0 fully saturated rings. The average Bonchev–Trinajstić information content (AvgIpc) is 2.84. The highest BCUT2D eigenvalue weighted by Crippen LogP contribution is 2.33. The molecule has 1 heterocycles. The number of benzene rings is 3. The molecule has 4 aromatic rings. The van der Waals surface area contributed by atoms with Crippen LogP contribution in [0.1, 0.15) is 19.8 Å². The summed E-state index contributed by atoms with van der Waals surface area (Å²) < 4.78 is 51.1. The monoisotopic (exact) mass is 468 g/mol. The minimum absolute atomic E-state index is 0.760. The van der Waals surface area contributed by atoms with E-state index in [4.69, 9.17) is 9.15 Å². The third-order valence-corrected chi connectivity index (χ3v) is 4.86. The minimum atomic E-state index is -6.00. The topological polar surface area (TPSA) is 20.5 Å². The van der Waals surface area contributed by atoms with Crippen molar-refractivity contribution >= 4 is 7.25 Å². The normalized spacial score (nSPS) is 10.9. The predicted molar refractivity (Wildman–Crippen MR) is 130 cm³/mol. The third-order valence-electron chi connectivity index (χ3n) is 4.86. The SMILES string of the molecule is CCCCOc1ccc(-c2cc(-c3ccccc3)[o+]c(-c3ccccc3)c2)cc1.F[B-](F)(F)F. The molecule has 0 bridgehead atoms. The molecule has 0 saturated carbocycles. The van der Waals surface area contributed by atoms with Crippen LogP contribution in [-0.2, 0) is 0 Å². The minimum Gasteiger partial charge on any atom is -0.494 e. The largest absolute Gasteiger partial charge is 0.673 e. The maximum atomic E-state index is 9.75. The third kappa shape index (κ3) is 8.07. The second kappa shape index (κ2) is 12.0. The smallest absolute Gasteiger partial charge is 0.494 e. The van der Waals surface area contributed by atoms with Gasteiger partial charge in [0.1, 0.15) is 5.75 Å². The molecular formula is C27H25BF4O2. The molecule has 34 heavy (non-hydrogen) atoms. The van der Waals surface area contributed by atoms with E-state index in [9.17, 15) is 17.3 Å². The molecule has 0 aliphatic rings. The molecule has 1 aromatic heterocycles. The van der Waals surface area contributed by atoms with Crippen LogP contribution >= 0.6 is 0 Å². The van der Waals surface area contributed by atoms with Gasteiger partial charge in [0.25, 0.3) is 0 Å². The van der Waals surface area contributed by atoms with E-state index < -0.39 is 7.25 Å². The van der Waals surface area contributed by atoms with Crippen LogP contribution in [0.4, 0.5) is 17.3 Å². The van der Waals surface area contributed by atoms with Crippen LogP contribution in [-0.4, -0.2) is 13.9 Å². The maximum absolute atomic E-state index is 9.75. The number of rotatable bonds is 7. The molecule has 0 N–H and O–H groups in total. The summed E-state index contributed by atoms with van der Waals surface area (Å²) in [7, 11) is -6.00. The fourth-order valence-electron chi connectivity index (χ4n) is 3.24. The Kier molecular flexibility index (Phi) is 8.85. The molecule has 0 radical (unpaired) electrons. The van der Waals surface area contributed by atoms with Gasteiger partial charge in [0, 0.05) is 5.56 Å². The van der Waals surface area contributed by atoms with Crippen LogP contribution in [0.25, 0.3) is 33.8 Å². The van der Waals surface area contributed by atoms with Crippen molar-refractivity contribution in [2.45, 2.75) is 19.8 Å². The van der Waals surface area contributed by atoms with E-state index in [1.807, 2.05) is 48.5 Å². The number of ether oxygens (including phenoxy) is 1. The predicted octanol–water partition coefficient (Wildman–Crippen LogP) is 9.04. The zero-order valence-corrected chi connectivity index (χ0v) is 18.8. The van der Waals surface area contributed by atoms with E-state index in [0.29, 0.717) is 0 Å². The highest BCUT2D eigenvalue weighted by atomic mass is 19.5. The van der Waals surface area contributed by atoms with Gasteiger partial charge in [-0.15, -0.1) is 0 Å². The van der Waals surface area contributed by atoms with Crippen LogP contribution < -0.4 is 4.74 Å². The van der Waals surface area contributed by atoms with Crippen LogP contribution in [0, 0.1) is 0 Å². The standard InChI is InChI=1S/C27H25O2.BF4/c1-2-3-18-28-25-16-14-21(15-17-25)24-19-26(22-10-6-4-7-11-22)29-27(20-24)23-12-8-5-9-13-23;2-1(3,4)5/h4-17,19-20H,2-3,18H2,1H3;/q+1;-1. The lowest BCUT2D eigenvalue weighted by atomic mass is 10.0. The molecule has 0 saturated heterocycles. The van der Waals surface area contributed by atoms with Crippen molar-refractivity contribution in [2.24, 2.45) is 0 Å². The fourth-order valence-corrected chi connectivity index (χ4v) is 3.24. The second-order valence-electron chi connectivity index (χ2n) is 7.53. The Morgan fingerprint density at radius 1 is 0.647 bits per heavy atom. The first-order chi connectivity index (χ1) is 16.3. The summed E-state index contributed by atoms with van der Waals surface area (Å²) in [6.07, 6.45) is 2.21. The van der Waals surface area contributed by atoms with E-state index in [-0.39, 0.29) is 0 Å². The summed E-state index contributed by atoms with van der Waals surface area (Å²) in [4.78, 5) is 0. The number of hydrogen-bond acceptors (Lipinski definition) is 1. The van der Waals surface area contributed by atoms with Crippen molar-refractivity contribution in [3.8, 4) is 39.5 Å². The van der Waals surface area contributed by atoms with Crippen molar-refractivity contribution in [1.82, 2.24) is 0 Å². The second-order valence-corrected chi connectivity index (χ2v) is 7.53. The lowest BCUT2D eigenvalue weighted by molar-refractivity contribution is 0.309. The summed E-state index contributed by atoms with van der Waals surface area (Å²) >= 11 is 0. The molecule has 0 aliphatic heterocycles. The van der Waals surface area contributed by atoms with Crippen molar-refractivity contribution in [3.63, 3.8) is 0 Å². The Balaban J connectivity index is 0.000000588. The lowest BCUT2D eigenvalue weighted by Crippen LogP contribution is -2.02. The van der Waals surface area contributed by atoms with Gasteiger partial charge < -0.3 is 22.0 Å². The first-order valence-electron chi connectivity index (χ1n) is 11.0. The van der Waals surface area contributed by atoms with Gasteiger partial charge in [-0.3, -0.25) is 0 Å². The van der Waals surface area contributed by atoms with E-state index in [2.05, 4.69) is 55.5 Å². The van der Waals surface area contributed by atoms with Gasteiger partial charge >= 0.3 is 18.8 Å². The molecule has 0 amide bonds. The Morgan fingerprint density at radius 2 is 1.12 bits per heavy atom. The van der Waals surface area contributed by atoms with Crippen molar-refractivity contribution in [3.05, 3.63) is 97.1 Å². The Morgan fingerprint density at radius 3 is 1.56 bits per heavy atom. The molecule has 176 valence electrons.